The van der Waals surface area contributed by atoms with Crippen molar-refractivity contribution < 1.29 is 0 Å². The van der Waals surface area contributed by atoms with Crippen molar-refractivity contribution >= 4 is 11.6 Å². The van der Waals surface area contributed by atoms with Gasteiger partial charge in [-0.15, -0.1) is 0 Å². The Hall–Kier alpha value is -2.24. The van der Waals surface area contributed by atoms with Gasteiger partial charge in [0.25, 0.3) is 0 Å². The van der Waals surface area contributed by atoms with Gasteiger partial charge in [0.1, 0.15) is 18.0 Å². The average Bonchev–Trinajstić information content (AvgIpc) is 2.55. The summed E-state index contributed by atoms with van der Waals surface area (Å²) in [7, 11) is 1.89. The number of rotatable bonds is 3. The highest BCUT2D eigenvalue weighted by Crippen LogP contribution is 2.30. The zero-order valence-corrected chi connectivity index (χ0v) is 12.5. The molecule has 1 N–H and O–H groups in total. The van der Waals surface area contributed by atoms with Crippen molar-refractivity contribution in [2.24, 2.45) is 0 Å². The molecule has 1 saturated heterocycles. The highest BCUT2D eigenvalue weighted by Gasteiger charge is 2.25. The van der Waals surface area contributed by atoms with Gasteiger partial charge in [-0.25, -0.2) is 15.0 Å². The first kappa shape index (κ1) is 13.7. The lowest BCUT2D eigenvalue weighted by Crippen LogP contribution is -2.35. The molecule has 0 radical (unpaired) electrons. The van der Waals surface area contributed by atoms with Gasteiger partial charge in [0, 0.05) is 50.2 Å². The summed E-state index contributed by atoms with van der Waals surface area (Å²) in [5, 5.41) is 3.14. The van der Waals surface area contributed by atoms with Crippen LogP contribution >= 0.6 is 0 Å². The molecule has 6 heteroatoms. The summed E-state index contributed by atoms with van der Waals surface area (Å²) in [4.78, 5) is 19.8. The van der Waals surface area contributed by atoms with Crippen LogP contribution in [0.3, 0.4) is 0 Å². The molecule has 3 heterocycles. The Morgan fingerprint density at radius 3 is 2.86 bits per heavy atom. The maximum absolute atomic E-state index is 4.53. The van der Waals surface area contributed by atoms with E-state index >= 15 is 0 Å². The Bertz CT molecular complexity index is 615. The molecule has 0 bridgehead atoms. The number of aryl methyl sites for hydroxylation is 1. The smallest absolute Gasteiger partial charge is 0.147 e. The highest BCUT2D eigenvalue weighted by atomic mass is 15.2. The normalized spacial score (nSPS) is 18.6. The van der Waals surface area contributed by atoms with E-state index in [0.29, 0.717) is 5.92 Å². The number of nitrogens with zero attached hydrogens (tertiary/aromatic N) is 5. The van der Waals surface area contributed by atoms with Gasteiger partial charge in [0.15, 0.2) is 0 Å². The molecular formula is C15H20N6. The van der Waals surface area contributed by atoms with Gasteiger partial charge < -0.3 is 10.2 Å². The second-order valence-electron chi connectivity index (χ2n) is 5.34. The van der Waals surface area contributed by atoms with E-state index in [2.05, 4.69) is 30.2 Å². The van der Waals surface area contributed by atoms with E-state index in [0.717, 1.165) is 49.0 Å². The lowest BCUT2D eigenvalue weighted by molar-refractivity contribution is 0.498. The zero-order valence-electron chi connectivity index (χ0n) is 12.5. The second-order valence-corrected chi connectivity index (χ2v) is 5.34. The van der Waals surface area contributed by atoms with E-state index in [1.807, 2.05) is 20.0 Å². The molecule has 0 aliphatic carbocycles. The topological polar surface area (TPSA) is 66.8 Å². The van der Waals surface area contributed by atoms with Crippen LogP contribution in [0.5, 0.6) is 0 Å². The molecule has 1 aliphatic heterocycles. The number of hydrogen-bond donors (Lipinski definition) is 1. The van der Waals surface area contributed by atoms with Crippen LogP contribution in [0.25, 0.3) is 0 Å². The molecule has 3 rings (SSSR count). The fourth-order valence-corrected chi connectivity index (χ4v) is 2.86. The van der Waals surface area contributed by atoms with Crippen molar-refractivity contribution in [2.45, 2.75) is 25.7 Å². The largest absolute Gasteiger partial charge is 0.372 e. The minimum absolute atomic E-state index is 0.380. The van der Waals surface area contributed by atoms with Gasteiger partial charge in [0.05, 0.1) is 5.69 Å². The molecule has 1 atom stereocenters. The third-order valence-corrected chi connectivity index (χ3v) is 3.88. The van der Waals surface area contributed by atoms with Gasteiger partial charge in [-0.1, -0.05) is 0 Å². The van der Waals surface area contributed by atoms with Crippen LogP contribution in [-0.4, -0.2) is 40.1 Å². The Morgan fingerprint density at radius 1 is 1.19 bits per heavy atom. The van der Waals surface area contributed by atoms with Crippen LogP contribution in [0.15, 0.2) is 24.8 Å². The maximum Gasteiger partial charge on any atom is 0.147 e. The first-order chi connectivity index (χ1) is 10.3. The van der Waals surface area contributed by atoms with E-state index in [-0.39, 0.29) is 0 Å². The molecule has 6 nitrogen and oxygen atoms in total. The maximum atomic E-state index is 4.53. The Balaban J connectivity index is 1.83. The van der Waals surface area contributed by atoms with Gasteiger partial charge in [-0.05, 0) is 19.8 Å². The predicted octanol–water partition coefficient (Wildman–Crippen LogP) is 2.00. The zero-order chi connectivity index (χ0) is 14.7. The van der Waals surface area contributed by atoms with Gasteiger partial charge in [-0.2, -0.15) is 0 Å². The summed E-state index contributed by atoms with van der Waals surface area (Å²) < 4.78 is 0. The number of piperidine rings is 1. The molecule has 1 fully saturated rings. The van der Waals surface area contributed by atoms with Crippen molar-refractivity contribution in [3.05, 3.63) is 36.2 Å². The predicted molar refractivity (Wildman–Crippen MR) is 82.5 cm³/mol. The van der Waals surface area contributed by atoms with Crippen LogP contribution in [0.2, 0.25) is 0 Å². The van der Waals surface area contributed by atoms with E-state index in [1.54, 1.807) is 18.7 Å². The van der Waals surface area contributed by atoms with Crippen molar-refractivity contribution in [3.8, 4) is 0 Å². The second kappa shape index (κ2) is 6.03. The lowest BCUT2D eigenvalue weighted by atomic mass is 9.94. The summed E-state index contributed by atoms with van der Waals surface area (Å²) in [6.07, 6.45) is 7.39. The van der Waals surface area contributed by atoms with Gasteiger partial charge >= 0.3 is 0 Å². The SMILES string of the molecule is CNc1nccnc1C1CCCN(c2cc(C)ncn2)C1. The molecule has 0 spiro atoms. The summed E-state index contributed by atoms with van der Waals surface area (Å²) in [5.74, 6) is 2.26. The fourth-order valence-electron chi connectivity index (χ4n) is 2.86. The molecule has 2 aromatic heterocycles. The van der Waals surface area contributed by atoms with Crippen LogP contribution in [0.1, 0.15) is 30.1 Å². The van der Waals surface area contributed by atoms with Crippen molar-refractivity contribution in [2.75, 3.05) is 30.4 Å². The minimum atomic E-state index is 0.380. The number of aromatic nitrogens is 4. The van der Waals surface area contributed by atoms with Crippen LogP contribution in [0.4, 0.5) is 11.6 Å². The van der Waals surface area contributed by atoms with E-state index in [4.69, 9.17) is 0 Å². The highest BCUT2D eigenvalue weighted by molar-refractivity contribution is 5.44. The first-order valence-corrected chi connectivity index (χ1v) is 7.30. The first-order valence-electron chi connectivity index (χ1n) is 7.30. The molecule has 0 amide bonds. The standard InChI is InChI=1S/C15H20N6/c1-11-8-13(20-10-19-11)21-7-3-4-12(9-21)14-15(16-2)18-6-5-17-14/h5-6,8,10,12H,3-4,7,9H2,1-2H3,(H,16,18). The van der Waals surface area contributed by atoms with Crippen molar-refractivity contribution in [1.82, 2.24) is 19.9 Å². The minimum Gasteiger partial charge on any atom is -0.372 e. The van der Waals surface area contributed by atoms with E-state index in [9.17, 15) is 0 Å². The number of hydrogen-bond acceptors (Lipinski definition) is 6. The molecule has 1 aliphatic rings. The van der Waals surface area contributed by atoms with Gasteiger partial charge in [0.2, 0.25) is 0 Å². The van der Waals surface area contributed by atoms with E-state index < -0.39 is 0 Å². The molecule has 0 saturated carbocycles. The molecule has 1 unspecified atom stereocenters. The molecule has 0 aromatic carbocycles. The van der Waals surface area contributed by atoms with Crippen LogP contribution < -0.4 is 10.2 Å². The third-order valence-electron chi connectivity index (χ3n) is 3.88. The summed E-state index contributed by atoms with van der Waals surface area (Å²) in [5.41, 5.74) is 2.05. The van der Waals surface area contributed by atoms with Crippen LogP contribution in [0, 0.1) is 6.92 Å². The average molecular weight is 284 g/mol. The molecule has 2 aromatic rings. The summed E-state index contributed by atoms with van der Waals surface area (Å²) in [6.45, 7) is 3.94. The Labute approximate surface area is 124 Å². The quantitative estimate of drug-likeness (QED) is 0.930. The monoisotopic (exact) mass is 284 g/mol. The number of anilines is 2. The third kappa shape index (κ3) is 2.94. The summed E-state index contributed by atoms with van der Waals surface area (Å²) in [6, 6.07) is 2.04. The fraction of sp³-hybridized carbons (Fsp3) is 0.467. The lowest BCUT2D eigenvalue weighted by Gasteiger charge is -2.33. The summed E-state index contributed by atoms with van der Waals surface area (Å²) >= 11 is 0. The Kier molecular flexibility index (Phi) is 3.94. The number of nitrogens with one attached hydrogen (secondary N) is 1. The molecule has 110 valence electrons. The van der Waals surface area contributed by atoms with Crippen molar-refractivity contribution in [3.63, 3.8) is 0 Å². The molecular weight excluding hydrogens is 264 g/mol. The van der Waals surface area contributed by atoms with Crippen LogP contribution in [-0.2, 0) is 0 Å². The van der Waals surface area contributed by atoms with E-state index in [1.165, 1.54) is 0 Å². The van der Waals surface area contributed by atoms with Crippen molar-refractivity contribution in [1.29, 1.82) is 0 Å². The Morgan fingerprint density at radius 2 is 2.05 bits per heavy atom. The van der Waals surface area contributed by atoms with Gasteiger partial charge in [-0.3, -0.25) is 4.98 Å². The molecule has 21 heavy (non-hydrogen) atoms.